The second-order valence-electron chi connectivity index (χ2n) is 8.92. The number of amides is 2. The minimum atomic E-state index is -0.0645. The maximum atomic E-state index is 13.1. The molecule has 1 saturated heterocycles. The van der Waals surface area contributed by atoms with E-state index in [0.29, 0.717) is 51.3 Å². The molecule has 0 aliphatic carbocycles. The summed E-state index contributed by atoms with van der Waals surface area (Å²) in [5, 5.41) is 3.04. The van der Waals surface area contributed by atoms with Gasteiger partial charge >= 0.3 is 0 Å². The molecular formula is C24H33N5O3. The van der Waals surface area contributed by atoms with Crippen molar-refractivity contribution in [1.29, 1.82) is 0 Å². The highest BCUT2D eigenvalue weighted by molar-refractivity contribution is 5.93. The number of benzene rings is 1. The third kappa shape index (κ3) is 5.19. The van der Waals surface area contributed by atoms with Gasteiger partial charge in [-0.3, -0.25) is 9.59 Å². The zero-order valence-corrected chi connectivity index (χ0v) is 19.0. The normalized spacial score (nSPS) is 19.1. The van der Waals surface area contributed by atoms with Gasteiger partial charge in [0.25, 0.3) is 5.91 Å². The largest absolute Gasteiger partial charge is 0.365 e. The Kier molecular flexibility index (Phi) is 7.22. The van der Waals surface area contributed by atoms with E-state index >= 15 is 0 Å². The predicted octanol–water partition coefficient (Wildman–Crippen LogP) is 2.07. The van der Waals surface area contributed by atoms with E-state index in [1.54, 1.807) is 6.33 Å². The highest BCUT2D eigenvalue weighted by Crippen LogP contribution is 2.28. The Hall–Kier alpha value is -2.71. The second-order valence-corrected chi connectivity index (χ2v) is 8.92. The fourth-order valence-corrected chi connectivity index (χ4v) is 4.42. The zero-order valence-electron chi connectivity index (χ0n) is 19.0. The van der Waals surface area contributed by atoms with Crippen LogP contribution in [-0.2, 0) is 22.7 Å². The molecule has 0 spiro atoms. The first-order valence-corrected chi connectivity index (χ1v) is 11.4. The third-order valence-corrected chi connectivity index (χ3v) is 6.34. The SMILES string of the molecule is CN(C)CCCNC(=O)C1CCN(C(=O)c2ncn3c2COC(c2ccccc2)C3)CC1. The molecular weight excluding hydrogens is 406 g/mol. The van der Waals surface area contributed by atoms with Crippen molar-refractivity contribution in [2.24, 2.45) is 5.92 Å². The lowest BCUT2D eigenvalue weighted by Gasteiger charge is -2.31. The van der Waals surface area contributed by atoms with Crippen LogP contribution in [0.2, 0.25) is 0 Å². The van der Waals surface area contributed by atoms with E-state index in [2.05, 4.69) is 27.3 Å². The molecule has 0 saturated carbocycles. The number of carbonyl (C=O) groups excluding carboxylic acids is 2. The molecule has 0 bridgehead atoms. The van der Waals surface area contributed by atoms with Crippen molar-refractivity contribution >= 4 is 11.8 Å². The van der Waals surface area contributed by atoms with Crippen molar-refractivity contribution in [3.8, 4) is 0 Å². The standard InChI is InChI=1S/C24H33N5O3/c1-27(2)12-6-11-25-23(30)19-9-13-28(14-10-19)24(31)22-20-16-32-21(15-29(20)17-26-22)18-7-4-3-5-8-18/h3-5,7-8,17,19,21H,6,9-16H2,1-2H3,(H,25,30). The van der Waals surface area contributed by atoms with Crippen LogP contribution in [0.25, 0.3) is 0 Å². The summed E-state index contributed by atoms with van der Waals surface area (Å²) in [6.07, 6.45) is 4.03. The number of hydrogen-bond donors (Lipinski definition) is 1. The van der Waals surface area contributed by atoms with E-state index < -0.39 is 0 Å². The number of likely N-dealkylation sites (tertiary alicyclic amines) is 1. The Bertz CT molecular complexity index is 919. The number of fused-ring (bicyclic) bond motifs is 1. The van der Waals surface area contributed by atoms with Crippen LogP contribution in [0.3, 0.4) is 0 Å². The monoisotopic (exact) mass is 439 g/mol. The maximum Gasteiger partial charge on any atom is 0.274 e. The molecule has 2 aliphatic rings. The smallest absolute Gasteiger partial charge is 0.274 e. The number of hydrogen-bond acceptors (Lipinski definition) is 5. The van der Waals surface area contributed by atoms with Gasteiger partial charge in [-0.15, -0.1) is 0 Å². The summed E-state index contributed by atoms with van der Waals surface area (Å²) in [5.41, 5.74) is 2.44. The number of piperidine rings is 1. The molecule has 2 aromatic rings. The summed E-state index contributed by atoms with van der Waals surface area (Å²) in [5.74, 6) is 0.0187. The van der Waals surface area contributed by atoms with E-state index in [1.807, 2.05) is 41.8 Å². The molecule has 1 aromatic carbocycles. The number of ether oxygens (including phenoxy) is 1. The van der Waals surface area contributed by atoms with Crippen molar-refractivity contribution in [2.45, 2.75) is 38.5 Å². The molecule has 2 aliphatic heterocycles. The molecule has 1 aromatic heterocycles. The highest BCUT2D eigenvalue weighted by Gasteiger charge is 2.32. The Balaban J connectivity index is 1.29. The summed E-state index contributed by atoms with van der Waals surface area (Å²) in [6.45, 7) is 3.82. The molecule has 3 heterocycles. The fourth-order valence-electron chi connectivity index (χ4n) is 4.42. The van der Waals surface area contributed by atoms with Gasteiger partial charge in [-0.05, 0) is 45.5 Å². The van der Waals surface area contributed by atoms with Gasteiger partial charge in [-0.1, -0.05) is 30.3 Å². The first kappa shape index (κ1) is 22.5. The number of carbonyl (C=O) groups is 2. The molecule has 172 valence electrons. The molecule has 32 heavy (non-hydrogen) atoms. The minimum absolute atomic E-state index is 0.0238. The lowest BCUT2D eigenvalue weighted by atomic mass is 9.95. The molecule has 1 unspecified atom stereocenters. The first-order valence-electron chi connectivity index (χ1n) is 11.4. The van der Waals surface area contributed by atoms with Crippen LogP contribution in [0.1, 0.15) is 47.1 Å². The average Bonchev–Trinajstić information content (AvgIpc) is 3.25. The van der Waals surface area contributed by atoms with Crippen LogP contribution in [0.15, 0.2) is 36.7 Å². The minimum Gasteiger partial charge on any atom is -0.365 e. The molecule has 8 nitrogen and oxygen atoms in total. The Morgan fingerprint density at radius 3 is 2.66 bits per heavy atom. The molecule has 8 heteroatoms. The number of aromatic nitrogens is 2. The number of imidazole rings is 1. The van der Waals surface area contributed by atoms with Gasteiger partial charge in [-0.25, -0.2) is 4.98 Å². The van der Waals surface area contributed by atoms with Gasteiger partial charge in [-0.2, -0.15) is 0 Å². The van der Waals surface area contributed by atoms with Crippen LogP contribution in [0.5, 0.6) is 0 Å². The molecule has 0 radical (unpaired) electrons. The van der Waals surface area contributed by atoms with Gasteiger partial charge in [0.2, 0.25) is 5.91 Å². The van der Waals surface area contributed by atoms with E-state index in [0.717, 1.165) is 24.2 Å². The topological polar surface area (TPSA) is 79.7 Å². The summed E-state index contributed by atoms with van der Waals surface area (Å²) in [4.78, 5) is 33.9. The quantitative estimate of drug-likeness (QED) is 0.668. The van der Waals surface area contributed by atoms with Gasteiger partial charge in [0, 0.05) is 25.6 Å². The summed E-state index contributed by atoms with van der Waals surface area (Å²) >= 11 is 0. The van der Waals surface area contributed by atoms with Crippen LogP contribution < -0.4 is 5.32 Å². The Labute approximate surface area is 189 Å². The number of rotatable bonds is 7. The Morgan fingerprint density at radius 2 is 1.94 bits per heavy atom. The van der Waals surface area contributed by atoms with E-state index in [9.17, 15) is 9.59 Å². The van der Waals surface area contributed by atoms with E-state index in [-0.39, 0.29) is 23.8 Å². The molecule has 1 atom stereocenters. The number of nitrogens with one attached hydrogen (secondary N) is 1. The van der Waals surface area contributed by atoms with Crippen molar-refractivity contribution in [3.05, 3.63) is 53.6 Å². The van der Waals surface area contributed by atoms with E-state index in [4.69, 9.17) is 4.74 Å². The first-order chi connectivity index (χ1) is 15.5. The van der Waals surface area contributed by atoms with Crippen LogP contribution >= 0.6 is 0 Å². The molecule has 2 amide bonds. The summed E-state index contributed by atoms with van der Waals surface area (Å²) in [7, 11) is 4.05. The summed E-state index contributed by atoms with van der Waals surface area (Å²) < 4.78 is 8.08. The van der Waals surface area contributed by atoms with Crippen LogP contribution in [-0.4, -0.2) is 71.4 Å². The maximum absolute atomic E-state index is 13.1. The highest BCUT2D eigenvalue weighted by atomic mass is 16.5. The van der Waals surface area contributed by atoms with Crippen LogP contribution in [0.4, 0.5) is 0 Å². The van der Waals surface area contributed by atoms with Gasteiger partial charge in [0.1, 0.15) is 6.10 Å². The lowest BCUT2D eigenvalue weighted by molar-refractivity contribution is -0.126. The Morgan fingerprint density at radius 1 is 1.19 bits per heavy atom. The molecule has 1 fully saturated rings. The summed E-state index contributed by atoms with van der Waals surface area (Å²) in [6, 6.07) is 10.1. The van der Waals surface area contributed by atoms with E-state index in [1.165, 1.54) is 0 Å². The predicted molar refractivity (Wildman–Crippen MR) is 121 cm³/mol. The van der Waals surface area contributed by atoms with Crippen LogP contribution in [0, 0.1) is 5.92 Å². The number of nitrogens with zero attached hydrogens (tertiary/aromatic N) is 4. The van der Waals surface area contributed by atoms with Gasteiger partial charge < -0.3 is 24.4 Å². The van der Waals surface area contributed by atoms with Crippen molar-refractivity contribution in [1.82, 2.24) is 24.7 Å². The fraction of sp³-hybridized carbons (Fsp3) is 0.542. The third-order valence-electron chi connectivity index (χ3n) is 6.34. The van der Waals surface area contributed by atoms with Gasteiger partial charge in [0.05, 0.1) is 25.2 Å². The zero-order chi connectivity index (χ0) is 22.5. The lowest BCUT2D eigenvalue weighted by Crippen LogP contribution is -2.43. The molecule has 4 rings (SSSR count). The average molecular weight is 440 g/mol. The van der Waals surface area contributed by atoms with Gasteiger partial charge in [0.15, 0.2) is 5.69 Å². The van der Waals surface area contributed by atoms with Crippen molar-refractivity contribution < 1.29 is 14.3 Å². The van der Waals surface area contributed by atoms with Crippen molar-refractivity contribution in [3.63, 3.8) is 0 Å². The second kappa shape index (κ2) is 10.3. The van der Waals surface area contributed by atoms with Crippen molar-refractivity contribution in [2.75, 3.05) is 40.3 Å². The molecule has 1 N–H and O–H groups in total.